The van der Waals surface area contributed by atoms with Crippen LogP contribution in [0.5, 0.6) is 0 Å². The fraction of sp³-hybridized carbons (Fsp3) is 0.250. The van der Waals surface area contributed by atoms with Crippen molar-refractivity contribution in [1.29, 1.82) is 0 Å². The van der Waals surface area contributed by atoms with Crippen molar-refractivity contribution in [3.63, 3.8) is 0 Å². The lowest BCUT2D eigenvalue weighted by Gasteiger charge is -2.04. The maximum Gasteiger partial charge on any atom is 0.325 e. The molecule has 0 saturated carbocycles. The molecule has 2 N–H and O–H groups in total. The molecule has 28 heavy (non-hydrogen) atoms. The average molecular weight is 423 g/mol. The van der Waals surface area contributed by atoms with Crippen molar-refractivity contribution in [2.24, 2.45) is 10.1 Å². The van der Waals surface area contributed by atoms with E-state index in [-0.39, 0.29) is 21.9 Å². The zero-order valence-electron chi connectivity index (χ0n) is 15.0. The molecule has 3 rings (SSSR count). The molecule has 12 heteroatoms. The second kappa shape index (κ2) is 7.66. The lowest BCUT2D eigenvalue weighted by Crippen LogP contribution is -2.22. The highest BCUT2D eigenvalue weighted by Crippen LogP contribution is 2.21. The molecule has 0 spiro atoms. The Morgan fingerprint density at radius 3 is 2.68 bits per heavy atom. The minimum absolute atomic E-state index is 0.0777. The third kappa shape index (κ3) is 4.03. The Morgan fingerprint density at radius 1 is 1.32 bits per heavy atom. The maximum atomic E-state index is 12.5. The van der Waals surface area contributed by atoms with Gasteiger partial charge in [0.05, 0.1) is 22.2 Å². The van der Waals surface area contributed by atoms with Crippen molar-refractivity contribution in [2.75, 3.05) is 7.11 Å². The minimum atomic E-state index is -3.90. The summed E-state index contributed by atoms with van der Waals surface area (Å²) < 4.78 is 31.5. The number of primary sulfonamides is 1. The van der Waals surface area contributed by atoms with Gasteiger partial charge in [-0.05, 0) is 31.2 Å². The standard InChI is InChI=1S/C16H17N5O5S2/c1-3-20-7-6-11(19-20)15(23)18-16-21(9-14(22)26-2)12-5-4-10(28(17,24)25)8-13(12)27-16/h4-8H,3,9H2,1-2H3,(H2,17,24,25). The number of thiazole rings is 1. The molecular weight excluding hydrogens is 406 g/mol. The summed E-state index contributed by atoms with van der Waals surface area (Å²) in [7, 11) is -2.65. The number of aryl methyl sites for hydroxylation is 1. The van der Waals surface area contributed by atoms with Crippen molar-refractivity contribution >= 4 is 43.5 Å². The number of esters is 1. The van der Waals surface area contributed by atoms with Crippen LogP contribution in [0.4, 0.5) is 0 Å². The molecule has 0 bridgehead atoms. The largest absolute Gasteiger partial charge is 0.468 e. The monoisotopic (exact) mass is 423 g/mol. The van der Waals surface area contributed by atoms with Crippen LogP contribution in [0.2, 0.25) is 0 Å². The summed E-state index contributed by atoms with van der Waals surface area (Å²) in [6, 6.07) is 5.75. The van der Waals surface area contributed by atoms with Crippen LogP contribution < -0.4 is 9.94 Å². The molecule has 0 atom stereocenters. The molecule has 0 unspecified atom stereocenters. The highest BCUT2D eigenvalue weighted by molar-refractivity contribution is 7.89. The van der Waals surface area contributed by atoms with Gasteiger partial charge in [0.25, 0.3) is 5.91 Å². The van der Waals surface area contributed by atoms with Crippen LogP contribution in [-0.2, 0) is 32.6 Å². The smallest absolute Gasteiger partial charge is 0.325 e. The Labute approximate surface area is 163 Å². The molecule has 0 fully saturated rings. The zero-order chi connectivity index (χ0) is 20.5. The van der Waals surface area contributed by atoms with Crippen molar-refractivity contribution in [2.45, 2.75) is 24.9 Å². The Bertz CT molecular complexity index is 1240. The van der Waals surface area contributed by atoms with Crippen LogP contribution in [0.15, 0.2) is 40.4 Å². The highest BCUT2D eigenvalue weighted by atomic mass is 32.2. The van der Waals surface area contributed by atoms with Crippen LogP contribution >= 0.6 is 11.3 Å². The lowest BCUT2D eigenvalue weighted by atomic mass is 10.3. The van der Waals surface area contributed by atoms with E-state index in [1.54, 1.807) is 16.9 Å². The SMILES string of the molecule is CCn1ccc(C(=O)N=c2sc3cc(S(N)(=O)=O)ccc3n2CC(=O)OC)n1. The number of sulfonamides is 1. The van der Waals surface area contributed by atoms with Gasteiger partial charge in [-0.15, -0.1) is 0 Å². The Balaban J connectivity index is 2.17. The molecule has 3 aromatic rings. The van der Waals surface area contributed by atoms with Crippen molar-refractivity contribution in [3.05, 3.63) is 41.0 Å². The summed E-state index contributed by atoms with van der Waals surface area (Å²) in [5.41, 5.74) is 0.683. The van der Waals surface area contributed by atoms with Gasteiger partial charge in [-0.2, -0.15) is 10.1 Å². The minimum Gasteiger partial charge on any atom is -0.468 e. The number of hydrogen-bond donors (Lipinski definition) is 1. The Hall–Kier alpha value is -2.83. The van der Waals surface area contributed by atoms with Crippen LogP contribution in [0, 0.1) is 0 Å². The summed E-state index contributed by atoms with van der Waals surface area (Å²) in [6.45, 7) is 2.30. The second-order valence-corrected chi connectivity index (χ2v) is 8.27. The van der Waals surface area contributed by atoms with Gasteiger partial charge in [0, 0.05) is 12.7 Å². The number of amides is 1. The summed E-state index contributed by atoms with van der Waals surface area (Å²) in [4.78, 5) is 28.5. The van der Waals surface area contributed by atoms with Gasteiger partial charge in [0.15, 0.2) is 10.5 Å². The van der Waals surface area contributed by atoms with Gasteiger partial charge in [0.1, 0.15) is 6.54 Å². The number of benzene rings is 1. The molecule has 2 aromatic heterocycles. The number of rotatable bonds is 5. The van der Waals surface area contributed by atoms with E-state index in [0.29, 0.717) is 16.8 Å². The third-order valence-corrected chi connectivity index (χ3v) is 5.83. The van der Waals surface area contributed by atoms with E-state index >= 15 is 0 Å². The van der Waals surface area contributed by atoms with E-state index in [4.69, 9.17) is 9.88 Å². The van der Waals surface area contributed by atoms with Gasteiger partial charge >= 0.3 is 5.97 Å². The maximum absolute atomic E-state index is 12.5. The predicted molar refractivity (Wildman–Crippen MR) is 101 cm³/mol. The van der Waals surface area contributed by atoms with Gasteiger partial charge < -0.3 is 9.30 Å². The third-order valence-electron chi connectivity index (χ3n) is 3.88. The molecule has 148 valence electrons. The number of nitrogens with zero attached hydrogens (tertiary/aromatic N) is 4. The van der Waals surface area contributed by atoms with Crippen molar-refractivity contribution in [1.82, 2.24) is 14.3 Å². The molecule has 1 aromatic carbocycles. The van der Waals surface area contributed by atoms with E-state index in [2.05, 4.69) is 10.1 Å². The van der Waals surface area contributed by atoms with E-state index in [9.17, 15) is 18.0 Å². The number of aromatic nitrogens is 3. The first-order valence-electron chi connectivity index (χ1n) is 8.08. The summed E-state index contributed by atoms with van der Waals surface area (Å²) in [6.07, 6.45) is 1.66. The van der Waals surface area contributed by atoms with E-state index in [1.165, 1.54) is 29.9 Å². The van der Waals surface area contributed by atoms with Gasteiger partial charge in [-0.25, -0.2) is 13.6 Å². The van der Waals surface area contributed by atoms with Crippen molar-refractivity contribution < 1.29 is 22.7 Å². The molecular formula is C16H17N5O5S2. The fourth-order valence-electron chi connectivity index (χ4n) is 2.46. The number of ether oxygens (including phenoxy) is 1. The van der Waals surface area contributed by atoms with Crippen LogP contribution in [-0.4, -0.2) is 41.8 Å². The first kappa shape index (κ1) is 19.9. The molecule has 0 saturated heterocycles. The summed E-state index contributed by atoms with van der Waals surface area (Å²) in [5.74, 6) is -1.12. The van der Waals surface area contributed by atoms with E-state index < -0.39 is 21.9 Å². The van der Waals surface area contributed by atoms with E-state index in [0.717, 1.165) is 11.3 Å². The topological polar surface area (TPSA) is 139 Å². The first-order chi connectivity index (χ1) is 13.2. The average Bonchev–Trinajstić information content (AvgIpc) is 3.25. The van der Waals surface area contributed by atoms with Gasteiger partial charge in [-0.3, -0.25) is 14.3 Å². The quantitative estimate of drug-likeness (QED) is 0.592. The number of nitrogens with two attached hydrogens (primary N) is 1. The van der Waals surface area contributed by atoms with Crippen LogP contribution in [0.1, 0.15) is 17.4 Å². The van der Waals surface area contributed by atoms with Gasteiger partial charge in [0.2, 0.25) is 10.0 Å². The molecule has 2 heterocycles. The summed E-state index contributed by atoms with van der Waals surface area (Å²) >= 11 is 1.06. The van der Waals surface area contributed by atoms with E-state index in [1.807, 2.05) is 6.92 Å². The zero-order valence-corrected chi connectivity index (χ0v) is 16.7. The molecule has 10 nitrogen and oxygen atoms in total. The lowest BCUT2D eigenvalue weighted by molar-refractivity contribution is -0.141. The number of methoxy groups -OCH3 is 1. The molecule has 0 aliphatic carbocycles. The molecule has 0 radical (unpaired) electrons. The second-order valence-electron chi connectivity index (χ2n) is 5.70. The molecule has 1 amide bonds. The summed E-state index contributed by atoms with van der Waals surface area (Å²) in [5, 5.41) is 9.29. The normalized spacial score (nSPS) is 12.5. The Morgan fingerprint density at radius 2 is 2.07 bits per heavy atom. The predicted octanol–water partition coefficient (Wildman–Crippen LogP) is 0.481. The van der Waals surface area contributed by atoms with Crippen LogP contribution in [0.25, 0.3) is 10.2 Å². The number of carbonyl (C=O) groups excluding carboxylic acids is 2. The number of carbonyl (C=O) groups is 2. The fourth-order valence-corrected chi connectivity index (χ4v) is 4.14. The molecule has 0 aliphatic heterocycles. The van der Waals surface area contributed by atoms with Crippen molar-refractivity contribution in [3.8, 4) is 0 Å². The van der Waals surface area contributed by atoms with Crippen LogP contribution in [0.3, 0.4) is 0 Å². The number of fused-ring (bicyclic) bond motifs is 1. The highest BCUT2D eigenvalue weighted by Gasteiger charge is 2.16. The Kier molecular flexibility index (Phi) is 5.45. The van der Waals surface area contributed by atoms with Gasteiger partial charge in [-0.1, -0.05) is 11.3 Å². The first-order valence-corrected chi connectivity index (χ1v) is 10.4. The number of hydrogen-bond acceptors (Lipinski definition) is 7. The molecule has 0 aliphatic rings.